The highest BCUT2D eigenvalue weighted by Crippen LogP contribution is 2.19. The molecule has 1 rings (SSSR count). The van der Waals surface area contributed by atoms with Crippen molar-refractivity contribution in [3.63, 3.8) is 0 Å². The number of hydrogen-bond donors (Lipinski definition) is 0. The summed E-state index contributed by atoms with van der Waals surface area (Å²) < 4.78 is 3.41. The third-order valence-corrected chi connectivity index (χ3v) is 2.15. The van der Waals surface area contributed by atoms with Crippen molar-refractivity contribution in [3.8, 4) is 0 Å². The minimum atomic E-state index is -0.00471. The van der Waals surface area contributed by atoms with Gasteiger partial charge in [-0.2, -0.15) is 4.98 Å². The lowest BCUT2D eigenvalue weighted by atomic mass is 10.1. The summed E-state index contributed by atoms with van der Waals surface area (Å²) in [6.45, 7) is 6.26. The highest BCUT2D eigenvalue weighted by molar-refractivity contribution is 14.1. The van der Waals surface area contributed by atoms with Crippen LogP contribution in [0.1, 0.15) is 20.8 Å². The second-order valence-corrected chi connectivity index (χ2v) is 4.91. The second-order valence-electron chi connectivity index (χ2n) is 3.23. The van der Waals surface area contributed by atoms with E-state index in [1.54, 1.807) is 0 Å². The van der Waals surface area contributed by atoms with E-state index in [2.05, 4.69) is 69.4 Å². The van der Waals surface area contributed by atoms with Crippen molar-refractivity contribution in [2.45, 2.75) is 26.3 Å². The standard InChI is InChI=1S/C6H9BrIN3/c1-6(2,3)11-4(7)9-5(8)10-11/h1-3H3. The van der Waals surface area contributed by atoms with Crippen LogP contribution in [0.5, 0.6) is 0 Å². The summed E-state index contributed by atoms with van der Waals surface area (Å²) in [5.41, 5.74) is -0.00471. The van der Waals surface area contributed by atoms with Gasteiger partial charge in [0.25, 0.3) is 0 Å². The summed E-state index contributed by atoms with van der Waals surface area (Å²) in [6.07, 6.45) is 0. The molecule has 0 aliphatic carbocycles. The zero-order valence-electron chi connectivity index (χ0n) is 6.60. The first-order valence-electron chi connectivity index (χ1n) is 3.20. The van der Waals surface area contributed by atoms with Crippen LogP contribution >= 0.6 is 38.5 Å². The largest absolute Gasteiger partial charge is 0.234 e. The molecule has 0 fully saturated rings. The molecule has 0 aliphatic rings. The smallest absolute Gasteiger partial charge is 0.212 e. The van der Waals surface area contributed by atoms with Crippen LogP contribution in [0, 0.1) is 3.83 Å². The van der Waals surface area contributed by atoms with E-state index in [-0.39, 0.29) is 5.54 Å². The number of aromatic nitrogens is 3. The molecule has 1 heterocycles. The van der Waals surface area contributed by atoms with Crippen molar-refractivity contribution in [2.75, 3.05) is 0 Å². The van der Waals surface area contributed by atoms with E-state index in [9.17, 15) is 0 Å². The second kappa shape index (κ2) is 3.01. The molecule has 1 aromatic heterocycles. The van der Waals surface area contributed by atoms with Crippen molar-refractivity contribution in [2.24, 2.45) is 0 Å². The quantitative estimate of drug-likeness (QED) is 0.684. The van der Waals surface area contributed by atoms with Crippen LogP contribution in [0.2, 0.25) is 0 Å². The Kier molecular flexibility index (Phi) is 2.58. The van der Waals surface area contributed by atoms with Gasteiger partial charge in [-0.1, -0.05) is 0 Å². The summed E-state index contributed by atoms with van der Waals surface area (Å²) in [4.78, 5) is 4.13. The van der Waals surface area contributed by atoms with Gasteiger partial charge in [-0.3, -0.25) is 0 Å². The van der Waals surface area contributed by atoms with Crippen LogP contribution in [0.15, 0.2) is 4.73 Å². The fraction of sp³-hybridized carbons (Fsp3) is 0.667. The average Bonchev–Trinajstić information content (AvgIpc) is 2.08. The first-order valence-corrected chi connectivity index (χ1v) is 5.07. The lowest BCUT2D eigenvalue weighted by Crippen LogP contribution is -2.23. The molecular formula is C6H9BrIN3. The van der Waals surface area contributed by atoms with E-state index >= 15 is 0 Å². The first kappa shape index (κ1) is 9.44. The topological polar surface area (TPSA) is 30.7 Å². The van der Waals surface area contributed by atoms with Crippen LogP contribution in [0.4, 0.5) is 0 Å². The third-order valence-electron chi connectivity index (χ3n) is 1.18. The maximum atomic E-state index is 4.23. The molecule has 0 aliphatic heterocycles. The fourth-order valence-corrected chi connectivity index (χ4v) is 2.25. The Hall–Kier alpha value is 0.350. The minimum Gasteiger partial charge on any atom is -0.234 e. The van der Waals surface area contributed by atoms with E-state index in [0.717, 1.165) is 8.56 Å². The summed E-state index contributed by atoms with van der Waals surface area (Å²) in [5.74, 6) is 0. The molecule has 0 amide bonds. The highest BCUT2D eigenvalue weighted by atomic mass is 127. The van der Waals surface area contributed by atoms with E-state index in [0.29, 0.717) is 0 Å². The first-order chi connectivity index (χ1) is 4.91. The Balaban J connectivity index is 3.13. The zero-order chi connectivity index (χ0) is 8.65. The molecule has 0 saturated heterocycles. The average molecular weight is 330 g/mol. The Labute approximate surface area is 87.8 Å². The van der Waals surface area contributed by atoms with Crippen molar-refractivity contribution < 1.29 is 0 Å². The van der Waals surface area contributed by atoms with Gasteiger partial charge >= 0.3 is 0 Å². The Morgan fingerprint density at radius 3 is 2.18 bits per heavy atom. The van der Waals surface area contributed by atoms with Crippen molar-refractivity contribution in [3.05, 3.63) is 8.56 Å². The highest BCUT2D eigenvalue weighted by Gasteiger charge is 2.18. The van der Waals surface area contributed by atoms with E-state index < -0.39 is 0 Å². The van der Waals surface area contributed by atoms with Gasteiger partial charge in [0, 0.05) is 22.6 Å². The third kappa shape index (κ3) is 2.14. The van der Waals surface area contributed by atoms with Crippen LogP contribution in [-0.4, -0.2) is 14.8 Å². The van der Waals surface area contributed by atoms with Crippen molar-refractivity contribution in [1.29, 1.82) is 0 Å². The predicted octanol–water partition coefficient (Wildman–Crippen LogP) is 2.40. The Morgan fingerprint density at radius 2 is 2.00 bits per heavy atom. The van der Waals surface area contributed by atoms with Gasteiger partial charge in [0.1, 0.15) is 0 Å². The molecule has 0 saturated carbocycles. The Morgan fingerprint density at radius 1 is 1.45 bits per heavy atom. The maximum absolute atomic E-state index is 4.23. The molecule has 0 N–H and O–H groups in total. The summed E-state index contributed by atoms with van der Waals surface area (Å²) in [5, 5.41) is 4.23. The van der Waals surface area contributed by atoms with E-state index in [1.165, 1.54) is 0 Å². The monoisotopic (exact) mass is 329 g/mol. The minimum absolute atomic E-state index is 0.00471. The fourth-order valence-electron chi connectivity index (χ4n) is 0.696. The van der Waals surface area contributed by atoms with Crippen LogP contribution in [0.25, 0.3) is 0 Å². The number of hydrogen-bond acceptors (Lipinski definition) is 2. The molecular weight excluding hydrogens is 321 g/mol. The molecule has 1 aromatic rings. The number of rotatable bonds is 0. The van der Waals surface area contributed by atoms with Gasteiger partial charge in [-0.15, -0.1) is 5.10 Å². The van der Waals surface area contributed by atoms with Crippen LogP contribution < -0.4 is 0 Å². The van der Waals surface area contributed by atoms with Crippen molar-refractivity contribution >= 4 is 38.5 Å². The van der Waals surface area contributed by atoms with Gasteiger partial charge < -0.3 is 0 Å². The molecule has 0 spiro atoms. The summed E-state index contributed by atoms with van der Waals surface area (Å²) in [6, 6.07) is 0. The zero-order valence-corrected chi connectivity index (χ0v) is 10.3. The maximum Gasteiger partial charge on any atom is 0.212 e. The molecule has 0 unspecified atom stereocenters. The van der Waals surface area contributed by atoms with E-state index in [4.69, 9.17) is 0 Å². The molecule has 0 bridgehead atoms. The van der Waals surface area contributed by atoms with Crippen LogP contribution in [-0.2, 0) is 5.54 Å². The molecule has 0 aromatic carbocycles. The number of halogens is 2. The SMILES string of the molecule is CC(C)(C)n1nc(I)nc1Br. The predicted molar refractivity (Wildman–Crippen MR) is 55.4 cm³/mol. The molecule has 0 radical (unpaired) electrons. The lowest BCUT2D eigenvalue weighted by Gasteiger charge is -2.18. The molecule has 62 valence electrons. The van der Waals surface area contributed by atoms with Gasteiger partial charge in [0.2, 0.25) is 3.83 Å². The molecule has 3 nitrogen and oxygen atoms in total. The molecule has 11 heavy (non-hydrogen) atoms. The van der Waals surface area contributed by atoms with Gasteiger partial charge in [-0.25, -0.2) is 4.68 Å². The summed E-state index contributed by atoms with van der Waals surface area (Å²) >= 11 is 5.43. The van der Waals surface area contributed by atoms with Gasteiger partial charge in [0.15, 0.2) is 4.73 Å². The Bertz CT molecular complexity index is 263. The molecule has 5 heteroatoms. The van der Waals surface area contributed by atoms with Gasteiger partial charge in [0.05, 0.1) is 5.54 Å². The molecule has 0 atom stereocenters. The van der Waals surface area contributed by atoms with E-state index in [1.807, 2.05) is 4.68 Å². The normalized spacial score (nSPS) is 12.1. The van der Waals surface area contributed by atoms with Crippen molar-refractivity contribution in [1.82, 2.24) is 14.8 Å². The van der Waals surface area contributed by atoms with Crippen LogP contribution in [0.3, 0.4) is 0 Å². The number of nitrogens with zero attached hydrogens (tertiary/aromatic N) is 3. The summed E-state index contributed by atoms with van der Waals surface area (Å²) in [7, 11) is 0. The lowest BCUT2D eigenvalue weighted by molar-refractivity contribution is 0.346. The van der Waals surface area contributed by atoms with Gasteiger partial charge in [-0.05, 0) is 36.7 Å².